The summed E-state index contributed by atoms with van der Waals surface area (Å²) in [6, 6.07) is 8.14. The van der Waals surface area contributed by atoms with E-state index >= 15 is 0 Å². The molecule has 2 aromatic rings. The van der Waals surface area contributed by atoms with Gasteiger partial charge in [0.2, 0.25) is 0 Å². The van der Waals surface area contributed by atoms with E-state index in [1.54, 1.807) is 0 Å². The predicted octanol–water partition coefficient (Wildman–Crippen LogP) is 3.28. The number of H-pyrrole nitrogens is 1. The number of ether oxygens (including phenoxy) is 1. The average molecular weight is 273 g/mol. The third-order valence-corrected chi connectivity index (χ3v) is 3.23. The van der Waals surface area contributed by atoms with Crippen LogP contribution in [-0.4, -0.2) is 23.3 Å². The highest BCUT2D eigenvalue weighted by molar-refractivity contribution is 5.64. The van der Waals surface area contributed by atoms with Gasteiger partial charge in [0.05, 0.1) is 12.3 Å². The zero-order valence-corrected chi connectivity index (χ0v) is 12.5. The van der Waals surface area contributed by atoms with Crippen molar-refractivity contribution in [2.75, 3.05) is 13.2 Å². The molecule has 0 spiro atoms. The van der Waals surface area contributed by atoms with E-state index in [2.05, 4.69) is 48.4 Å². The molecule has 4 nitrogen and oxygen atoms in total. The summed E-state index contributed by atoms with van der Waals surface area (Å²) in [5.74, 6) is 0.913. The Hall–Kier alpha value is -1.81. The van der Waals surface area contributed by atoms with E-state index in [0.717, 1.165) is 48.8 Å². The molecule has 0 fully saturated rings. The monoisotopic (exact) mass is 273 g/mol. The van der Waals surface area contributed by atoms with Crippen molar-refractivity contribution in [3.05, 3.63) is 35.5 Å². The molecule has 0 aliphatic rings. The van der Waals surface area contributed by atoms with Crippen molar-refractivity contribution in [2.24, 2.45) is 0 Å². The van der Waals surface area contributed by atoms with Gasteiger partial charge in [0.1, 0.15) is 5.75 Å². The van der Waals surface area contributed by atoms with Gasteiger partial charge in [0.25, 0.3) is 0 Å². The molecule has 1 heterocycles. The molecular formula is C16H23N3O. The first kappa shape index (κ1) is 14.6. The molecule has 0 amide bonds. The fourth-order valence-electron chi connectivity index (χ4n) is 2.09. The highest BCUT2D eigenvalue weighted by atomic mass is 16.5. The zero-order valence-electron chi connectivity index (χ0n) is 12.5. The number of benzene rings is 1. The van der Waals surface area contributed by atoms with Gasteiger partial charge in [-0.3, -0.25) is 5.10 Å². The lowest BCUT2D eigenvalue weighted by atomic mass is 10.1. The van der Waals surface area contributed by atoms with Gasteiger partial charge in [-0.25, -0.2) is 0 Å². The van der Waals surface area contributed by atoms with Crippen LogP contribution in [0, 0.1) is 6.92 Å². The molecule has 20 heavy (non-hydrogen) atoms. The second kappa shape index (κ2) is 7.10. The summed E-state index contributed by atoms with van der Waals surface area (Å²) in [5, 5.41) is 10.9. The molecule has 2 rings (SSSR count). The molecule has 0 saturated carbocycles. The highest BCUT2D eigenvalue weighted by Gasteiger charge is 2.11. The summed E-state index contributed by atoms with van der Waals surface area (Å²) in [5.41, 5.74) is 4.48. The Morgan fingerprint density at radius 2 is 1.95 bits per heavy atom. The number of nitrogens with zero attached hydrogens (tertiary/aromatic N) is 1. The average Bonchev–Trinajstić information content (AvgIpc) is 2.84. The van der Waals surface area contributed by atoms with Gasteiger partial charge in [0.15, 0.2) is 0 Å². The van der Waals surface area contributed by atoms with Crippen molar-refractivity contribution in [2.45, 2.75) is 33.7 Å². The zero-order chi connectivity index (χ0) is 14.4. The minimum Gasteiger partial charge on any atom is -0.494 e. The fourth-order valence-corrected chi connectivity index (χ4v) is 2.09. The SMILES string of the molecule is CCCOc1ccc(-c2n[nH]c(C)c2CNCC)cc1. The Labute approximate surface area is 120 Å². The Kier molecular flexibility index (Phi) is 5.18. The second-order valence-electron chi connectivity index (χ2n) is 4.83. The van der Waals surface area contributed by atoms with Gasteiger partial charge < -0.3 is 10.1 Å². The van der Waals surface area contributed by atoms with Crippen LogP contribution >= 0.6 is 0 Å². The first-order valence-corrected chi connectivity index (χ1v) is 7.24. The maximum absolute atomic E-state index is 5.61. The summed E-state index contributed by atoms with van der Waals surface area (Å²) in [7, 11) is 0. The van der Waals surface area contributed by atoms with Crippen molar-refractivity contribution in [3.8, 4) is 17.0 Å². The normalized spacial score (nSPS) is 10.8. The maximum Gasteiger partial charge on any atom is 0.119 e. The number of rotatable bonds is 7. The summed E-state index contributed by atoms with van der Waals surface area (Å²) in [6.07, 6.45) is 1.02. The van der Waals surface area contributed by atoms with E-state index in [1.807, 2.05) is 12.1 Å². The van der Waals surface area contributed by atoms with Crippen LogP contribution in [0.25, 0.3) is 11.3 Å². The smallest absolute Gasteiger partial charge is 0.119 e. The summed E-state index contributed by atoms with van der Waals surface area (Å²) in [6.45, 7) is 8.81. The Bertz CT molecular complexity index is 531. The van der Waals surface area contributed by atoms with Crippen LogP contribution in [0.15, 0.2) is 24.3 Å². The van der Waals surface area contributed by atoms with E-state index in [4.69, 9.17) is 4.74 Å². The number of hydrogen-bond acceptors (Lipinski definition) is 3. The Balaban J connectivity index is 2.18. The molecule has 0 atom stereocenters. The highest BCUT2D eigenvalue weighted by Crippen LogP contribution is 2.25. The van der Waals surface area contributed by atoms with Gasteiger partial charge in [-0.05, 0) is 44.2 Å². The van der Waals surface area contributed by atoms with Crippen molar-refractivity contribution in [3.63, 3.8) is 0 Å². The maximum atomic E-state index is 5.61. The summed E-state index contributed by atoms with van der Waals surface area (Å²) < 4.78 is 5.61. The van der Waals surface area contributed by atoms with Crippen LogP contribution in [0.1, 0.15) is 31.5 Å². The lowest BCUT2D eigenvalue weighted by Gasteiger charge is -2.07. The summed E-state index contributed by atoms with van der Waals surface area (Å²) in [4.78, 5) is 0. The molecule has 1 aromatic heterocycles. The molecule has 2 N–H and O–H groups in total. The van der Waals surface area contributed by atoms with Crippen molar-refractivity contribution in [1.29, 1.82) is 0 Å². The van der Waals surface area contributed by atoms with Crippen molar-refractivity contribution < 1.29 is 4.74 Å². The lowest BCUT2D eigenvalue weighted by Crippen LogP contribution is -2.12. The fraction of sp³-hybridized carbons (Fsp3) is 0.438. The van der Waals surface area contributed by atoms with Gasteiger partial charge in [-0.2, -0.15) is 5.10 Å². The molecule has 108 valence electrons. The topological polar surface area (TPSA) is 49.9 Å². The largest absolute Gasteiger partial charge is 0.494 e. The van der Waals surface area contributed by atoms with Crippen molar-refractivity contribution >= 4 is 0 Å². The number of aromatic nitrogens is 2. The Morgan fingerprint density at radius 3 is 2.60 bits per heavy atom. The molecule has 0 unspecified atom stereocenters. The third-order valence-electron chi connectivity index (χ3n) is 3.23. The van der Waals surface area contributed by atoms with Gasteiger partial charge in [0, 0.05) is 23.4 Å². The predicted molar refractivity (Wildman–Crippen MR) is 81.9 cm³/mol. The number of aryl methyl sites for hydroxylation is 1. The van der Waals surface area contributed by atoms with Gasteiger partial charge >= 0.3 is 0 Å². The minimum atomic E-state index is 0.756. The standard InChI is InChI=1S/C16H23N3O/c1-4-10-20-14-8-6-13(7-9-14)16-15(11-17-5-2)12(3)18-19-16/h6-9,17H,4-5,10-11H2,1-3H3,(H,18,19). The molecule has 0 aliphatic heterocycles. The van der Waals surface area contributed by atoms with Crippen LogP contribution in [-0.2, 0) is 6.54 Å². The van der Waals surface area contributed by atoms with E-state index in [-0.39, 0.29) is 0 Å². The molecule has 0 radical (unpaired) electrons. The van der Waals surface area contributed by atoms with Crippen LogP contribution in [0.5, 0.6) is 5.75 Å². The Morgan fingerprint density at radius 1 is 1.20 bits per heavy atom. The van der Waals surface area contributed by atoms with E-state index in [9.17, 15) is 0 Å². The van der Waals surface area contributed by atoms with Crippen LogP contribution in [0.3, 0.4) is 0 Å². The molecular weight excluding hydrogens is 250 g/mol. The van der Waals surface area contributed by atoms with E-state index in [1.165, 1.54) is 5.56 Å². The summed E-state index contributed by atoms with van der Waals surface area (Å²) >= 11 is 0. The van der Waals surface area contributed by atoms with Gasteiger partial charge in [-0.15, -0.1) is 0 Å². The van der Waals surface area contributed by atoms with E-state index < -0.39 is 0 Å². The van der Waals surface area contributed by atoms with Crippen LogP contribution in [0.2, 0.25) is 0 Å². The number of nitrogens with one attached hydrogen (secondary N) is 2. The molecule has 0 bridgehead atoms. The first-order chi connectivity index (χ1) is 9.76. The minimum absolute atomic E-state index is 0.756. The molecule has 0 aliphatic carbocycles. The van der Waals surface area contributed by atoms with Crippen LogP contribution < -0.4 is 10.1 Å². The van der Waals surface area contributed by atoms with Crippen LogP contribution in [0.4, 0.5) is 0 Å². The molecule has 4 heteroatoms. The third kappa shape index (κ3) is 3.39. The lowest BCUT2D eigenvalue weighted by molar-refractivity contribution is 0.317. The van der Waals surface area contributed by atoms with Gasteiger partial charge in [-0.1, -0.05) is 13.8 Å². The second-order valence-corrected chi connectivity index (χ2v) is 4.83. The molecule has 0 saturated heterocycles. The first-order valence-electron chi connectivity index (χ1n) is 7.24. The molecule has 1 aromatic carbocycles. The quantitative estimate of drug-likeness (QED) is 0.814. The van der Waals surface area contributed by atoms with Crippen molar-refractivity contribution in [1.82, 2.24) is 15.5 Å². The number of hydrogen-bond donors (Lipinski definition) is 2. The number of aromatic amines is 1. The van der Waals surface area contributed by atoms with E-state index in [0.29, 0.717) is 0 Å².